The van der Waals surface area contributed by atoms with Crippen LogP contribution >= 0.6 is 11.3 Å². The summed E-state index contributed by atoms with van der Waals surface area (Å²) < 4.78 is 5.85. The van der Waals surface area contributed by atoms with Crippen LogP contribution in [0.25, 0.3) is 22.7 Å². The lowest BCUT2D eigenvalue weighted by atomic mass is 10.0. The molecule has 0 fully saturated rings. The first-order valence-corrected chi connectivity index (χ1v) is 8.81. The molecule has 2 aromatic heterocycles. The third-order valence-electron chi connectivity index (χ3n) is 3.91. The Kier molecular flexibility index (Phi) is 4.04. The lowest BCUT2D eigenvalue weighted by molar-refractivity contribution is 0.105. The van der Waals surface area contributed by atoms with E-state index in [0.29, 0.717) is 22.6 Å². The van der Waals surface area contributed by atoms with Crippen LogP contribution in [0.5, 0.6) is 0 Å². The van der Waals surface area contributed by atoms with Gasteiger partial charge in [-0.3, -0.25) is 4.79 Å². The zero-order chi connectivity index (χ0) is 17.2. The van der Waals surface area contributed by atoms with Crippen LogP contribution in [0.15, 0.2) is 70.5 Å². The van der Waals surface area contributed by atoms with Gasteiger partial charge in [0, 0.05) is 10.4 Å². The average Bonchev–Trinajstić information content (AvgIpc) is 3.29. The van der Waals surface area contributed by atoms with E-state index >= 15 is 0 Å². The maximum atomic E-state index is 13.1. The second kappa shape index (κ2) is 6.49. The van der Waals surface area contributed by atoms with Crippen molar-refractivity contribution in [3.8, 4) is 0 Å². The van der Waals surface area contributed by atoms with Gasteiger partial charge in [0.1, 0.15) is 5.52 Å². The van der Waals surface area contributed by atoms with Gasteiger partial charge in [-0.05, 0) is 36.6 Å². The fraction of sp³-hybridized carbons (Fsp3) is 0.0476. The molecule has 2 aromatic carbocycles. The van der Waals surface area contributed by atoms with Gasteiger partial charge in [-0.1, -0.05) is 48.0 Å². The van der Waals surface area contributed by atoms with Crippen LogP contribution in [-0.2, 0) is 0 Å². The molecule has 0 saturated heterocycles. The molecule has 0 amide bonds. The number of Topliss-reactive ketones (excluding diaryl/α,β-unsaturated/α-hetero) is 1. The lowest BCUT2D eigenvalue weighted by Gasteiger charge is -2.04. The van der Waals surface area contributed by atoms with Gasteiger partial charge in [-0.25, -0.2) is 4.98 Å². The summed E-state index contributed by atoms with van der Waals surface area (Å²) in [7, 11) is 0. The van der Waals surface area contributed by atoms with E-state index in [9.17, 15) is 4.79 Å². The summed E-state index contributed by atoms with van der Waals surface area (Å²) in [5, 5.41) is 1.98. The molecular formula is C21H15NO2S. The van der Waals surface area contributed by atoms with Crippen LogP contribution in [0, 0.1) is 6.92 Å². The van der Waals surface area contributed by atoms with Crippen molar-refractivity contribution in [2.24, 2.45) is 0 Å². The number of carbonyl (C=O) groups is 1. The van der Waals surface area contributed by atoms with Gasteiger partial charge in [0.15, 0.2) is 11.4 Å². The van der Waals surface area contributed by atoms with E-state index in [-0.39, 0.29) is 5.78 Å². The first-order valence-electron chi connectivity index (χ1n) is 7.93. The molecule has 25 heavy (non-hydrogen) atoms. The molecule has 4 heteroatoms. The Labute approximate surface area is 149 Å². The summed E-state index contributed by atoms with van der Waals surface area (Å²) in [6.07, 6.45) is 1.84. The molecule has 0 N–H and O–H groups in total. The van der Waals surface area contributed by atoms with Crippen molar-refractivity contribution >= 4 is 39.9 Å². The van der Waals surface area contributed by atoms with Crippen LogP contribution in [0.4, 0.5) is 0 Å². The van der Waals surface area contributed by atoms with E-state index in [1.807, 2.05) is 79.0 Å². The van der Waals surface area contributed by atoms with Gasteiger partial charge in [0.2, 0.25) is 5.89 Å². The molecule has 0 aliphatic carbocycles. The van der Waals surface area contributed by atoms with Gasteiger partial charge in [0.25, 0.3) is 0 Å². The minimum absolute atomic E-state index is 0.0973. The molecule has 0 spiro atoms. The molecule has 122 valence electrons. The van der Waals surface area contributed by atoms with Gasteiger partial charge in [-0.15, -0.1) is 11.3 Å². The van der Waals surface area contributed by atoms with Crippen molar-refractivity contribution in [3.05, 3.63) is 87.9 Å². The SMILES string of the molecule is Cc1ccc(C(=O)/C(=C\c2cccs2)c2nc3ccccc3o2)cc1. The fourth-order valence-electron chi connectivity index (χ4n) is 2.59. The number of para-hydroxylation sites is 2. The average molecular weight is 345 g/mol. The number of benzene rings is 2. The summed E-state index contributed by atoms with van der Waals surface area (Å²) in [5.74, 6) is 0.250. The van der Waals surface area contributed by atoms with Gasteiger partial charge in [0.05, 0.1) is 5.57 Å². The van der Waals surface area contributed by atoms with Crippen molar-refractivity contribution in [1.82, 2.24) is 4.98 Å². The number of fused-ring (bicyclic) bond motifs is 1. The summed E-state index contributed by atoms with van der Waals surface area (Å²) >= 11 is 1.57. The quantitative estimate of drug-likeness (QED) is 0.356. The van der Waals surface area contributed by atoms with Gasteiger partial charge in [-0.2, -0.15) is 0 Å². The molecule has 3 nitrogen and oxygen atoms in total. The van der Waals surface area contributed by atoms with Crippen LogP contribution in [-0.4, -0.2) is 10.8 Å². The number of hydrogen-bond donors (Lipinski definition) is 0. The molecule has 0 atom stereocenters. The number of allylic oxidation sites excluding steroid dienone is 1. The molecule has 0 radical (unpaired) electrons. The highest BCUT2D eigenvalue weighted by Gasteiger charge is 2.20. The van der Waals surface area contributed by atoms with Gasteiger partial charge >= 0.3 is 0 Å². The summed E-state index contributed by atoms with van der Waals surface area (Å²) in [6, 6.07) is 19.0. The molecule has 4 rings (SSSR count). The molecular weight excluding hydrogens is 330 g/mol. The number of nitrogens with zero attached hydrogens (tertiary/aromatic N) is 1. The molecule has 0 aliphatic rings. The molecule has 0 saturated carbocycles. The van der Waals surface area contributed by atoms with Gasteiger partial charge < -0.3 is 4.42 Å². The van der Waals surface area contributed by atoms with Crippen molar-refractivity contribution in [2.75, 3.05) is 0 Å². The Morgan fingerprint density at radius 2 is 1.84 bits per heavy atom. The van der Waals surface area contributed by atoms with Crippen LogP contribution in [0.1, 0.15) is 26.7 Å². The Morgan fingerprint density at radius 3 is 2.56 bits per heavy atom. The van der Waals surface area contributed by atoms with Crippen molar-refractivity contribution < 1.29 is 9.21 Å². The van der Waals surface area contributed by atoms with Crippen molar-refractivity contribution in [2.45, 2.75) is 6.92 Å². The number of carbonyl (C=O) groups excluding carboxylic acids is 1. The predicted molar refractivity (Wildman–Crippen MR) is 102 cm³/mol. The van der Waals surface area contributed by atoms with E-state index in [4.69, 9.17) is 4.42 Å². The van der Waals surface area contributed by atoms with Crippen molar-refractivity contribution in [1.29, 1.82) is 0 Å². The van der Waals surface area contributed by atoms with E-state index < -0.39 is 0 Å². The minimum atomic E-state index is -0.0973. The number of hydrogen-bond acceptors (Lipinski definition) is 4. The molecule has 2 heterocycles. The maximum absolute atomic E-state index is 13.1. The third-order valence-corrected chi connectivity index (χ3v) is 4.73. The fourth-order valence-corrected chi connectivity index (χ4v) is 3.25. The summed E-state index contributed by atoms with van der Waals surface area (Å²) in [4.78, 5) is 18.6. The van der Waals surface area contributed by atoms with E-state index in [0.717, 1.165) is 16.0 Å². The number of oxazole rings is 1. The highest BCUT2D eigenvalue weighted by atomic mass is 32.1. The molecule has 0 bridgehead atoms. The lowest BCUT2D eigenvalue weighted by Crippen LogP contribution is -2.03. The van der Waals surface area contributed by atoms with Crippen LogP contribution in [0.3, 0.4) is 0 Å². The van der Waals surface area contributed by atoms with Crippen LogP contribution < -0.4 is 0 Å². The first-order chi connectivity index (χ1) is 12.2. The Morgan fingerprint density at radius 1 is 1.04 bits per heavy atom. The zero-order valence-corrected chi connectivity index (χ0v) is 14.4. The highest BCUT2D eigenvalue weighted by molar-refractivity contribution is 7.11. The molecule has 0 unspecified atom stereocenters. The van der Waals surface area contributed by atoms with Crippen LogP contribution in [0.2, 0.25) is 0 Å². The summed E-state index contributed by atoms with van der Waals surface area (Å²) in [6.45, 7) is 2.00. The van der Waals surface area contributed by atoms with Crippen molar-refractivity contribution in [3.63, 3.8) is 0 Å². The third kappa shape index (κ3) is 3.16. The number of aromatic nitrogens is 1. The number of rotatable bonds is 4. The summed E-state index contributed by atoms with van der Waals surface area (Å²) in [5.41, 5.74) is 3.61. The molecule has 0 aliphatic heterocycles. The topological polar surface area (TPSA) is 43.1 Å². The number of ketones is 1. The number of thiophene rings is 1. The largest absolute Gasteiger partial charge is 0.436 e. The normalized spacial score (nSPS) is 11.8. The zero-order valence-electron chi connectivity index (χ0n) is 13.6. The minimum Gasteiger partial charge on any atom is -0.436 e. The Balaban J connectivity index is 1.84. The second-order valence-corrected chi connectivity index (χ2v) is 6.73. The maximum Gasteiger partial charge on any atom is 0.231 e. The Bertz CT molecular complexity index is 1020. The number of aryl methyl sites for hydroxylation is 1. The second-order valence-electron chi connectivity index (χ2n) is 5.76. The smallest absolute Gasteiger partial charge is 0.231 e. The van der Waals surface area contributed by atoms with E-state index in [1.54, 1.807) is 11.3 Å². The predicted octanol–water partition coefficient (Wildman–Crippen LogP) is 5.62. The molecule has 4 aromatic rings. The standard InChI is InChI=1S/C21H15NO2S/c1-14-8-10-15(11-9-14)20(23)17(13-16-5-4-12-25-16)21-22-18-6-2-3-7-19(18)24-21/h2-13H,1H3/b17-13+. The monoisotopic (exact) mass is 345 g/mol. The highest BCUT2D eigenvalue weighted by Crippen LogP contribution is 2.27. The van der Waals surface area contributed by atoms with E-state index in [2.05, 4.69) is 4.98 Å². The first kappa shape index (κ1) is 15.5. The van der Waals surface area contributed by atoms with E-state index in [1.165, 1.54) is 0 Å². The Hall–Kier alpha value is -2.98.